The predicted molar refractivity (Wildman–Crippen MR) is 77.6 cm³/mol. The molecular formula is C14H16N4O3. The number of carbonyl (C=O) groups is 3. The van der Waals surface area contributed by atoms with E-state index in [1.165, 1.54) is 14.1 Å². The van der Waals surface area contributed by atoms with Gasteiger partial charge in [-0.05, 0) is 19.1 Å². The molecule has 0 unspecified atom stereocenters. The minimum absolute atomic E-state index is 0.306. The van der Waals surface area contributed by atoms with Crippen molar-refractivity contribution in [2.24, 2.45) is 11.0 Å². The fraction of sp³-hybridized carbons (Fsp3) is 0.286. The van der Waals surface area contributed by atoms with E-state index in [0.717, 1.165) is 15.5 Å². The molecule has 1 N–H and O–H groups in total. The number of benzene rings is 1. The molecule has 0 radical (unpaired) electrons. The first kappa shape index (κ1) is 14.7. The lowest BCUT2D eigenvalue weighted by atomic mass is 9.99. The van der Waals surface area contributed by atoms with E-state index in [1.807, 2.05) is 30.3 Å². The number of imide groups is 2. The zero-order valence-corrected chi connectivity index (χ0v) is 12.0. The number of nitrogens with one attached hydrogen (secondary N) is 1. The van der Waals surface area contributed by atoms with Gasteiger partial charge in [0.05, 0.1) is 11.4 Å². The normalized spacial score (nSPS) is 17.5. The maximum Gasteiger partial charge on any atom is 0.332 e. The molecule has 0 spiro atoms. The number of carbonyl (C=O) groups excluding carboxylic acids is 3. The van der Waals surface area contributed by atoms with Crippen molar-refractivity contribution in [2.45, 2.75) is 6.92 Å². The largest absolute Gasteiger partial charge is 0.332 e. The van der Waals surface area contributed by atoms with Crippen LogP contribution in [0.3, 0.4) is 0 Å². The van der Waals surface area contributed by atoms with Crippen molar-refractivity contribution in [3.05, 3.63) is 30.3 Å². The average Bonchev–Trinajstić information content (AvgIpc) is 2.50. The van der Waals surface area contributed by atoms with Gasteiger partial charge in [0.25, 0.3) is 0 Å². The van der Waals surface area contributed by atoms with E-state index >= 15 is 0 Å². The summed E-state index contributed by atoms with van der Waals surface area (Å²) in [4.78, 5) is 37.7. The van der Waals surface area contributed by atoms with Crippen molar-refractivity contribution in [1.82, 2.24) is 9.80 Å². The van der Waals surface area contributed by atoms with Gasteiger partial charge in [0.2, 0.25) is 11.8 Å². The Kier molecular flexibility index (Phi) is 4.02. The molecule has 1 fully saturated rings. The van der Waals surface area contributed by atoms with E-state index in [-0.39, 0.29) is 0 Å². The van der Waals surface area contributed by atoms with Crippen molar-refractivity contribution < 1.29 is 14.4 Å². The second kappa shape index (κ2) is 5.74. The second-order valence-electron chi connectivity index (χ2n) is 4.74. The van der Waals surface area contributed by atoms with Crippen LogP contribution in [0.4, 0.5) is 10.5 Å². The molecule has 0 bridgehead atoms. The summed E-state index contributed by atoms with van der Waals surface area (Å²) in [5.41, 5.74) is 3.83. The molecular weight excluding hydrogens is 272 g/mol. The lowest BCUT2D eigenvalue weighted by Gasteiger charge is -2.32. The zero-order valence-electron chi connectivity index (χ0n) is 12.0. The Balaban J connectivity index is 2.21. The lowest BCUT2D eigenvalue weighted by molar-refractivity contribution is -0.144. The van der Waals surface area contributed by atoms with E-state index in [0.29, 0.717) is 5.71 Å². The molecule has 1 saturated heterocycles. The van der Waals surface area contributed by atoms with Crippen molar-refractivity contribution in [2.75, 3.05) is 19.5 Å². The quantitative estimate of drug-likeness (QED) is 0.513. The Hall–Kier alpha value is -2.70. The van der Waals surface area contributed by atoms with Crippen LogP contribution in [0.25, 0.3) is 0 Å². The Morgan fingerprint density at radius 1 is 1.05 bits per heavy atom. The van der Waals surface area contributed by atoms with Gasteiger partial charge < -0.3 is 0 Å². The minimum atomic E-state index is -1.08. The Labute approximate surface area is 122 Å². The molecule has 1 aliphatic rings. The average molecular weight is 288 g/mol. The highest BCUT2D eigenvalue weighted by Gasteiger charge is 2.44. The highest BCUT2D eigenvalue weighted by molar-refractivity contribution is 6.26. The molecule has 0 aromatic heterocycles. The number of anilines is 1. The molecule has 110 valence electrons. The van der Waals surface area contributed by atoms with E-state index < -0.39 is 23.8 Å². The van der Waals surface area contributed by atoms with Crippen LogP contribution >= 0.6 is 0 Å². The highest BCUT2D eigenvalue weighted by Crippen LogP contribution is 2.17. The monoisotopic (exact) mass is 288 g/mol. The Morgan fingerprint density at radius 3 is 2.10 bits per heavy atom. The Bertz CT molecular complexity index is 588. The van der Waals surface area contributed by atoms with E-state index in [4.69, 9.17) is 0 Å². The SMILES string of the molecule is C/C(=N\Nc1ccccc1)C1C(=O)N(C)C(=O)N(C)C1=O. The van der Waals surface area contributed by atoms with Crippen molar-refractivity contribution >= 4 is 29.2 Å². The summed E-state index contributed by atoms with van der Waals surface area (Å²) in [6, 6.07) is 8.52. The molecule has 0 atom stereocenters. The molecule has 1 aromatic carbocycles. The molecule has 21 heavy (non-hydrogen) atoms. The number of para-hydroxylation sites is 1. The number of nitrogens with zero attached hydrogens (tertiary/aromatic N) is 3. The van der Waals surface area contributed by atoms with Gasteiger partial charge in [-0.1, -0.05) is 18.2 Å². The first-order chi connectivity index (χ1) is 9.93. The molecule has 4 amide bonds. The van der Waals surface area contributed by atoms with Gasteiger partial charge in [-0.2, -0.15) is 5.10 Å². The number of amides is 4. The van der Waals surface area contributed by atoms with E-state index in [9.17, 15) is 14.4 Å². The first-order valence-corrected chi connectivity index (χ1v) is 6.38. The van der Waals surface area contributed by atoms with Crippen molar-refractivity contribution in [1.29, 1.82) is 0 Å². The van der Waals surface area contributed by atoms with E-state index in [1.54, 1.807) is 6.92 Å². The third kappa shape index (κ3) is 2.76. The predicted octanol–water partition coefficient (Wildman–Crippen LogP) is 1.14. The summed E-state index contributed by atoms with van der Waals surface area (Å²) in [6.07, 6.45) is 0. The van der Waals surface area contributed by atoms with Crippen molar-refractivity contribution in [3.63, 3.8) is 0 Å². The third-order valence-electron chi connectivity index (χ3n) is 3.28. The van der Waals surface area contributed by atoms with E-state index in [2.05, 4.69) is 10.5 Å². The number of urea groups is 1. The first-order valence-electron chi connectivity index (χ1n) is 6.38. The smallest absolute Gasteiger partial charge is 0.279 e. The molecule has 0 aliphatic carbocycles. The number of rotatable bonds is 3. The molecule has 1 aliphatic heterocycles. The van der Waals surface area contributed by atoms with Gasteiger partial charge in [0, 0.05) is 14.1 Å². The van der Waals surface area contributed by atoms with Crippen LogP contribution in [0.1, 0.15) is 6.92 Å². The van der Waals surface area contributed by atoms with Gasteiger partial charge in [0.15, 0.2) is 5.92 Å². The molecule has 0 saturated carbocycles. The van der Waals surface area contributed by atoms with Crippen LogP contribution in [-0.2, 0) is 9.59 Å². The Morgan fingerprint density at radius 2 is 1.57 bits per heavy atom. The number of hydrazone groups is 1. The molecule has 7 heteroatoms. The fourth-order valence-electron chi connectivity index (χ4n) is 1.99. The summed E-state index contributed by atoms with van der Waals surface area (Å²) in [5, 5.41) is 4.07. The highest BCUT2D eigenvalue weighted by atomic mass is 16.2. The summed E-state index contributed by atoms with van der Waals surface area (Å²) in [7, 11) is 2.69. The lowest BCUT2D eigenvalue weighted by Crippen LogP contribution is -2.58. The minimum Gasteiger partial charge on any atom is -0.279 e. The summed E-state index contributed by atoms with van der Waals surface area (Å²) < 4.78 is 0. The molecule has 1 aromatic rings. The maximum atomic E-state index is 12.1. The second-order valence-corrected chi connectivity index (χ2v) is 4.74. The summed E-state index contributed by atoms with van der Waals surface area (Å²) in [5.74, 6) is -2.22. The van der Waals surface area contributed by atoms with Gasteiger partial charge in [0.1, 0.15) is 0 Å². The fourth-order valence-corrected chi connectivity index (χ4v) is 1.99. The maximum absolute atomic E-state index is 12.1. The summed E-state index contributed by atoms with van der Waals surface area (Å²) in [6.45, 7) is 1.58. The number of hydrogen-bond acceptors (Lipinski definition) is 5. The standard InChI is InChI=1S/C14H16N4O3/c1-9(15-16-10-7-5-4-6-8-10)11-12(19)17(2)14(21)18(3)13(11)20/h4-8,11,16H,1-3H3/b15-9+. The third-order valence-corrected chi connectivity index (χ3v) is 3.28. The van der Waals surface area contributed by atoms with Gasteiger partial charge in [-0.3, -0.25) is 24.8 Å². The topological polar surface area (TPSA) is 82.1 Å². The van der Waals surface area contributed by atoms with Crippen LogP contribution in [0.15, 0.2) is 35.4 Å². The molecule has 2 rings (SSSR count). The van der Waals surface area contributed by atoms with Gasteiger partial charge in [-0.15, -0.1) is 0 Å². The van der Waals surface area contributed by atoms with Gasteiger partial charge >= 0.3 is 6.03 Å². The number of hydrogen-bond donors (Lipinski definition) is 1. The van der Waals surface area contributed by atoms with Crippen LogP contribution in [0, 0.1) is 5.92 Å². The van der Waals surface area contributed by atoms with Crippen LogP contribution in [0.2, 0.25) is 0 Å². The van der Waals surface area contributed by atoms with Crippen LogP contribution < -0.4 is 5.43 Å². The van der Waals surface area contributed by atoms with Crippen LogP contribution in [-0.4, -0.2) is 47.5 Å². The van der Waals surface area contributed by atoms with Crippen LogP contribution in [0.5, 0.6) is 0 Å². The van der Waals surface area contributed by atoms with Crippen molar-refractivity contribution in [3.8, 4) is 0 Å². The molecule has 1 heterocycles. The van der Waals surface area contributed by atoms with Gasteiger partial charge in [-0.25, -0.2) is 4.79 Å². The zero-order chi connectivity index (χ0) is 15.6. The molecule has 7 nitrogen and oxygen atoms in total. The number of barbiturate groups is 1. The summed E-state index contributed by atoms with van der Waals surface area (Å²) >= 11 is 0.